The van der Waals surface area contributed by atoms with Crippen molar-refractivity contribution in [1.82, 2.24) is 9.78 Å². The van der Waals surface area contributed by atoms with Crippen molar-refractivity contribution in [1.29, 1.82) is 0 Å². The number of hydrogen-bond donors (Lipinski definition) is 1. The lowest BCUT2D eigenvalue weighted by molar-refractivity contribution is 0.183. The van der Waals surface area contributed by atoms with Gasteiger partial charge >= 0.3 is 0 Å². The number of nitrogens with zero attached hydrogens (tertiary/aromatic N) is 2. The number of ether oxygens (including phenoxy) is 1. The molecule has 0 N–H and O–H groups in total. The van der Waals surface area contributed by atoms with Crippen LogP contribution < -0.4 is 0 Å². The number of rotatable bonds is 4. The topological polar surface area (TPSA) is 61.2 Å². The summed E-state index contributed by atoms with van der Waals surface area (Å²) in [5.41, 5.74) is 0. The van der Waals surface area contributed by atoms with E-state index in [-0.39, 0.29) is 4.90 Å². The minimum atomic E-state index is -2.51. The molecule has 0 aliphatic carbocycles. The van der Waals surface area contributed by atoms with Gasteiger partial charge in [0.1, 0.15) is 4.90 Å². The Hall–Kier alpha value is -0.880. The van der Waals surface area contributed by atoms with Crippen LogP contribution in [0.2, 0.25) is 0 Å². The maximum atomic E-state index is 10.4. The van der Waals surface area contributed by atoms with Crippen LogP contribution in [0.4, 0.5) is 0 Å². The summed E-state index contributed by atoms with van der Waals surface area (Å²) in [6.07, 6.45) is 2.80. The van der Waals surface area contributed by atoms with Gasteiger partial charge in [0.15, 0.2) is 10.7 Å². The molecule has 0 aromatic carbocycles. The monoisotopic (exact) mass is 190 g/mol. The minimum Gasteiger partial charge on any atom is -0.383 e. The molecule has 0 amide bonds. The summed E-state index contributed by atoms with van der Waals surface area (Å²) in [4.78, 5) is 0.237. The zero-order chi connectivity index (χ0) is 8.97. The number of aromatic nitrogens is 2. The Balaban J connectivity index is 2.64. The molecule has 0 radical (unpaired) electrons. The van der Waals surface area contributed by atoms with Crippen molar-refractivity contribution < 1.29 is 13.2 Å². The van der Waals surface area contributed by atoms with Crippen molar-refractivity contribution in [2.75, 3.05) is 13.7 Å². The molecule has 0 fully saturated rings. The Labute approximate surface area is 71.9 Å². The van der Waals surface area contributed by atoms with Crippen LogP contribution in [-0.4, -0.2) is 31.9 Å². The predicted molar refractivity (Wildman–Crippen MR) is 42.7 cm³/mol. The molecule has 5 nitrogen and oxygen atoms in total. The van der Waals surface area contributed by atoms with Crippen LogP contribution in [-0.2, 0) is 22.0 Å². The summed E-state index contributed by atoms with van der Waals surface area (Å²) in [6, 6.07) is 0. The highest BCUT2D eigenvalue weighted by atomic mass is 32.2. The van der Waals surface area contributed by atoms with Crippen LogP contribution in [0.25, 0.3) is 0 Å². The second-order valence-electron chi connectivity index (χ2n) is 2.21. The molecule has 1 aromatic rings. The van der Waals surface area contributed by atoms with E-state index in [1.54, 1.807) is 7.11 Å². The van der Waals surface area contributed by atoms with E-state index >= 15 is 0 Å². The molecule has 0 saturated heterocycles. The average molecular weight is 190 g/mol. The summed E-state index contributed by atoms with van der Waals surface area (Å²) in [5.74, 6) is 0. The molecule has 1 aromatic heterocycles. The Morgan fingerprint density at radius 3 is 2.92 bits per heavy atom. The fourth-order valence-corrected chi connectivity index (χ4v) is 1.13. The third-order valence-electron chi connectivity index (χ3n) is 1.35. The number of thiol groups is 1. The molecular weight excluding hydrogens is 180 g/mol. The fraction of sp³-hybridized carbons (Fsp3) is 0.500. The van der Waals surface area contributed by atoms with E-state index in [0.29, 0.717) is 13.2 Å². The van der Waals surface area contributed by atoms with E-state index in [2.05, 4.69) is 5.10 Å². The van der Waals surface area contributed by atoms with Gasteiger partial charge in [0, 0.05) is 13.3 Å². The van der Waals surface area contributed by atoms with Crippen molar-refractivity contribution in [3.63, 3.8) is 0 Å². The summed E-state index contributed by atoms with van der Waals surface area (Å²) >= 11 is 0. The van der Waals surface area contributed by atoms with Crippen molar-refractivity contribution in [2.45, 2.75) is 11.4 Å². The normalized spacial score (nSPS) is 10.8. The zero-order valence-electron chi connectivity index (χ0n) is 6.64. The van der Waals surface area contributed by atoms with Gasteiger partial charge in [-0.3, -0.25) is 4.68 Å². The molecule has 68 valence electrons. The van der Waals surface area contributed by atoms with Gasteiger partial charge in [-0.05, 0) is 0 Å². The molecule has 1 rings (SSSR count). The second kappa shape index (κ2) is 4.22. The van der Waals surface area contributed by atoms with Crippen LogP contribution in [0.1, 0.15) is 0 Å². The first-order valence-electron chi connectivity index (χ1n) is 3.40. The number of methoxy groups -OCH3 is 1. The largest absolute Gasteiger partial charge is 0.383 e. The van der Waals surface area contributed by atoms with Crippen molar-refractivity contribution in [3.05, 3.63) is 12.4 Å². The van der Waals surface area contributed by atoms with E-state index in [0.717, 1.165) is 0 Å². The molecule has 6 heteroatoms. The first-order valence-corrected chi connectivity index (χ1v) is 4.57. The molecule has 0 aliphatic rings. The lowest BCUT2D eigenvalue weighted by atomic mass is 10.7. The standard InChI is InChI=1S/C6H10N2O3S/c1-11-3-2-8-5-6(4-7-8)12(9)10/h4-5,12H,2-3H2,1H3. The van der Waals surface area contributed by atoms with Gasteiger partial charge < -0.3 is 4.74 Å². The molecule has 0 unspecified atom stereocenters. The molecule has 0 bridgehead atoms. The molecule has 0 atom stereocenters. The highest BCUT2D eigenvalue weighted by molar-refractivity contribution is 7.72. The first-order chi connectivity index (χ1) is 5.74. The Morgan fingerprint density at radius 2 is 2.42 bits per heavy atom. The Bertz CT molecular complexity index is 310. The van der Waals surface area contributed by atoms with E-state index in [1.807, 2.05) is 0 Å². The van der Waals surface area contributed by atoms with E-state index in [4.69, 9.17) is 4.74 Å². The van der Waals surface area contributed by atoms with Gasteiger partial charge in [0.2, 0.25) is 0 Å². The van der Waals surface area contributed by atoms with Gasteiger partial charge in [-0.15, -0.1) is 0 Å². The minimum absolute atomic E-state index is 0.237. The van der Waals surface area contributed by atoms with Crippen molar-refractivity contribution in [3.8, 4) is 0 Å². The smallest absolute Gasteiger partial charge is 0.171 e. The summed E-state index contributed by atoms with van der Waals surface area (Å²) in [7, 11) is -0.932. The zero-order valence-corrected chi connectivity index (χ0v) is 7.53. The maximum Gasteiger partial charge on any atom is 0.171 e. The van der Waals surface area contributed by atoms with Gasteiger partial charge in [0.05, 0.1) is 19.3 Å². The Kier molecular flexibility index (Phi) is 3.24. The molecule has 1 heterocycles. The van der Waals surface area contributed by atoms with Gasteiger partial charge in [-0.25, -0.2) is 8.42 Å². The van der Waals surface area contributed by atoms with Crippen molar-refractivity contribution >= 4 is 10.7 Å². The molecule has 0 saturated carbocycles. The van der Waals surface area contributed by atoms with Gasteiger partial charge in [-0.2, -0.15) is 5.10 Å². The third-order valence-corrected chi connectivity index (χ3v) is 2.01. The van der Waals surface area contributed by atoms with E-state index < -0.39 is 10.7 Å². The highest BCUT2D eigenvalue weighted by Crippen LogP contribution is 1.98. The van der Waals surface area contributed by atoms with E-state index in [9.17, 15) is 8.42 Å². The van der Waals surface area contributed by atoms with Crippen LogP contribution in [0, 0.1) is 0 Å². The van der Waals surface area contributed by atoms with Crippen molar-refractivity contribution in [2.24, 2.45) is 0 Å². The van der Waals surface area contributed by atoms with Crippen LogP contribution >= 0.6 is 0 Å². The lowest BCUT2D eigenvalue weighted by Crippen LogP contribution is -2.03. The Morgan fingerprint density at radius 1 is 1.67 bits per heavy atom. The second-order valence-corrected chi connectivity index (χ2v) is 3.24. The van der Waals surface area contributed by atoms with E-state index in [1.165, 1.54) is 17.1 Å². The summed E-state index contributed by atoms with van der Waals surface area (Å²) in [6.45, 7) is 1.09. The molecule has 0 spiro atoms. The molecular formula is C6H10N2O3S. The number of hydrogen-bond acceptors (Lipinski definition) is 4. The van der Waals surface area contributed by atoms with Crippen LogP contribution in [0.15, 0.2) is 17.3 Å². The van der Waals surface area contributed by atoms with Gasteiger partial charge in [0.25, 0.3) is 0 Å². The lowest BCUT2D eigenvalue weighted by Gasteiger charge is -1.97. The predicted octanol–water partition coefficient (Wildman–Crippen LogP) is -0.500. The first kappa shape index (κ1) is 9.21. The SMILES string of the molecule is COCCn1cc([SH](=O)=O)cn1. The maximum absolute atomic E-state index is 10.4. The third kappa shape index (κ3) is 2.31. The quantitative estimate of drug-likeness (QED) is 0.650. The fourth-order valence-electron chi connectivity index (χ4n) is 0.754. The average Bonchev–Trinajstić information content (AvgIpc) is 2.48. The molecule has 12 heavy (non-hydrogen) atoms. The summed E-state index contributed by atoms with van der Waals surface area (Å²) < 4.78 is 27.2. The summed E-state index contributed by atoms with van der Waals surface area (Å²) in [5, 5.41) is 3.83. The van der Waals surface area contributed by atoms with Gasteiger partial charge in [-0.1, -0.05) is 0 Å². The van der Waals surface area contributed by atoms with Crippen LogP contribution in [0.5, 0.6) is 0 Å². The highest BCUT2D eigenvalue weighted by Gasteiger charge is 1.98. The van der Waals surface area contributed by atoms with Crippen LogP contribution in [0.3, 0.4) is 0 Å². The molecule has 0 aliphatic heterocycles.